The highest BCUT2D eigenvalue weighted by Gasteiger charge is 2.35. The molecule has 7 heteroatoms. The molecule has 1 aliphatic rings. The van der Waals surface area contributed by atoms with E-state index in [9.17, 15) is 13.5 Å². The van der Waals surface area contributed by atoms with Crippen LogP contribution in [0.3, 0.4) is 0 Å². The van der Waals surface area contributed by atoms with Crippen LogP contribution in [0.25, 0.3) is 0 Å². The van der Waals surface area contributed by atoms with Crippen LogP contribution >= 0.6 is 0 Å². The van der Waals surface area contributed by atoms with E-state index in [0.29, 0.717) is 41.8 Å². The molecule has 0 spiro atoms. The molecule has 1 aliphatic heterocycles. The van der Waals surface area contributed by atoms with Gasteiger partial charge in [-0.25, -0.2) is 8.42 Å². The Morgan fingerprint density at radius 2 is 1.96 bits per heavy atom. The first-order chi connectivity index (χ1) is 10.6. The van der Waals surface area contributed by atoms with Crippen LogP contribution in [-0.4, -0.2) is 46.8 Å². The Morgan fingerprint density at radius 3 is 2.52 bits per heavy atom. The van der Waals surface area contributed by atoms with Gasteiger partial charge in [-0.1, -0.05) is 13.8 Å². The van der Waals surface area contributed by atoms with Crippen LogP contribution in [0.2, 0.25) is 0 Å². The van der Waals surface area contributed by atoms with Gasteiger partial charge in [0.15, 0.2) is 0 Å². The lowest BCUT2D eigenvalue weighted by Crippen LogP contribution is -2.43. The molecule has 1 N–H and O–H groups in total. The first-order valence-corrected chi connectivity index (χ1v) is 9.80. The molecule has 0 aromatic carbocycles. The molecule has 0 unspecified atom stereocenters. The SMILES string of the molecule is Cc1nn(CC(C)C)c(C)c1S(=O)(=O)N1CCC[C@@H]([C@@H](C)O)C1. The van der Waals surface area contributed by atoms with Crippen molar-refractivity contribution in [2.45, 2.75) is 65.0 Å². The number of hydrogen-bond donors (Lipinski definition) is 1. The lowest BCUT2D eigenvalue weighted by molar-refractivity contribution is 0.0885. The number of hydrogen-bond acceptors (Lipinski definition) is 4. The quantitative estimate of drug-likeness (QED) is 0.886. The molecule has 23 heavy (non-hydrogen) atoms. The molecule has 0 amide bonds. The topological polar surface area (TPSA) is 75.4 Å². The van der Waals surface area contributed by atoms with Crippen LogP contribution in [0.1, 0.15) is 45.0 Å². The highest BCUT2D eigenvalue weighted by molar-refractivity contribution is 7.89. The molecule has 0 aliphatic carbocycles. The maximum Gasteiger partial charge on any atom is 0.246 e. The Labute approximate surface area is 139 Å². The second kappa shape index (κ2) is 6.91. The summed E-state index contributed by atoms with van der Waals surface area (Å²) in [7, 11) is -3.57. The molecular formula is C16H29N3O3S. The zero-order valence-electron chi connectivity index (χ0n) is 14.8. The van der Waals surface area contributed by atoms with E-state index >= 15 is 0 Å². The number of aryl methyl sites for hydroxylation is 1. The van der Waals surface area contributed by atoms with Crippen LogP contribution in [-0.2, 0) is 16.6 Å². The van der Waals surface area contributed by atoms with Crippen molar-refractivity contribution in [3.05, 3.63) is 11.4 Å². The summed E-state index contributed by atoms with van der Waals surface area (Å²) in [6.07, 6.45) is 1.17. The van der Waals surface area contributed by atoms with E-state index in [1.807, 2.05) is 6.92 Å². The van der Waals surface area contributed by atoms with Crippen LogP contribution in [0.5, 0.6) is 0 Å². The molecule has 1 fully saturated rings. The van der Waals surface area contributed by atoms with E-state index in [4.69, 9.17) is 0 Å². The standard InChI is InChI=1S/C16H29N3O3S/c1-11(2)9-19-13(4)16(12(3)17-19)23(21,22)18-8-6-7-15(10-18)14(5)20/h11,14-15,20H,6-10H2,1-5H3/t14-,15-/m1/s1. The Morgan fingerprint density at radius 1 is 1.30 bits per heavy atom. The van der Waals surface area contributed by atoms with Crippen molar-refractivity contribution in [3.63, 3.8) is 0 Å². The fraction of sp³-hybridized carbons (Fsp3) is 0.812. The molecule has 6 nitrogen and oxygen atoms in total. The van der Waals surface area contributed by atoms with Gasteiger partial charge < -0.3 is 5.11 Å². The fourth-order valence-corrected chi connectivity index (χ4v) is 5.20. The van der Waals surface area contributed by atoms with Gasteiger partial charge in [-0.3, -0.25) is 4.68 Å². The van der Waals surface area contributed by atoms with Gasteiger partial charge in [-0.15, -0.1) is 0 Å². The molecular weight excluding hydrogens is 314 g/mol. The Kier molecular flexibility index (Phi) is 5.53. The summed E-state index contributed by atoms with van der Waals surface area (Å²) < 4.78 is 29.5. The number of aliphatic hydroxyl groups excluding tert-OH is 1. The maximum atomic E-state index is 13.1. The normalized spacial score (nSPS) is 21.8. The molecule has 0 saturated carbocycles. The van der Waals surface area contributed by atoms with Gasteiger partial charge in [-0.05, 0) is 45.4 Å². The second-order valence-electron chi connectivity index (χ2n) is 7.08. The summed E-state index contributed by atoms with van der Waals surface area (Å²) in [6, 6.07) is 0. The van der Waals surface area contributed by atoms with Crippen molar-refractivity contribution in [3.8, 4) is 0 Å². The predicted molar refractivity (Wildman–Crippen MR) is 89.7 cm³/mol. The Bertz CT molecular complexity index is 650. The third-order valence-electron chi connectivity index (χ3n) is 4.55. The summed E-state index contributed by atoms with van der Waals surface area (Å²) in [4.78, 5) is 0.337. The number of piperidine rings is 1. The van der Waals surface area contributed by atoms with Crippen molar-refractivity contribution < 1.29 is 13.5 Å². The summed E-state index contributed by atoms with van der Waals surface area (Å²) in [5, 5.41) is 14.2. The van der Waals surface area contributed by atoms with Crippen molar-refractivity contribution in [1.82, 2.24) is 14.1 Å². The van der Waals surface area contributed by atoms with Crippen LogP contribution < -0.4 is 0 Å². The van der Waals surface area contributed by atoms with Crippen molar-refractivity contribution in [2.24, 2.45) is 11.8 Å². The summed E-state index contributed by atoms with van der Waals surface area (Å²) >= 11 is 0. The number of sulfonamides is 1. The lowest BCUT2D eigenvalue weighted by Gasteiger charge is -2.33. The Hall–Kier alpha value is -0.920. The highest BCUT2D eigenvalue weighted by Crippen LogP contribution is 2.29. The van der Waals surface area contributed by atoms with Gasteiger partial charge in [0, 0.05) is 19.6 Å². The number of rotatable bonds is 5. The lowest BCUT2D eigenvalue weighted by atomic mass is 9.95. The van der Waals surface area contributed by atoms with Crippen LogP contribution in [0, 0.1) is 25.7 Å². The largest absolute Gasteiger partial charge is 0.393 e. The smallest absolute Gasteiger partial charge is 0.246 e. The first-order valence-electron chi connectivity index (χ1n) is 8.36. The van der Waals surface area contributed by atoms with Crippen molar-refractivity contribution in [2.75, 3.05) is 13.1 Å². The van der Waals surface area contributed by atoms with E-state index in [1.165, 1.54) is 4.31 Å². The Balaban J connectivity index is 2.34. The number of aromatic nitrogens is 2. The summed E-state index contributed by atoms with van der Waals surface area (Å²) in [5.41, 5.74) is 1.26. The monoisotopic (exact) mass is 343 g/mol. The third-order valence-corrected chi connectivity index (χ3v) is 6.67. The fourth-order valence-electron chi connectivity index (χ4n) is 3.29. The first kappa shape index (κ1) is 18.4. The van der Waals surface area contributed by atoms with Crippen LogP contribution in [0.4, 0.5) is 0 Å². The van der Waals surface area contributed by atoms with Crippen molar-refractivity contribution in [1.29, 1.82) is 0 Å². The molecule has 1 aromatic heterocycles. The van der Waals surface area contributed by atoms with Gasteiger partial charge in [0.05, 0.1) is 17.5 Å². The number of aliphatic hydroxyl groups is 1. The average molecular weight is 343 g/mol. The second-order valence-corrected chi connectivity index (χ2v) is 8.96. The molecule has 0 radical (unpaired) electrons. The molecule has 2 rings (SSSR count). The zero-order chi connectivity index (χ0) is 17.4. The maximum absolute atomic E-state index is 13.1. The highest BCUT2D eigenvalue weighted by atomic mass is 32.2. The van der Waals surface area contributed by atoms with E-state index in [1.54, 1.807) is 18.5 Å². The number of nitrogens with zero attached hydrogens (tertiary/aromatic N) is 3. The minimum atomic E-state index is -3.57. The minimum Gasteiger partial charge on any atom is -0.393 e. The van der Waals surface area contributed by atoms with E-state index in [0.717, 1.165) is 12.8 Å². The zero-order valence-corrected chi connectivity index (χ0v) is 15.6. The van der Waals surface area contributed by atoms with Gasteiger partial charge in [0.25, 0.3) is 0 Å². The van der Waals surface area contributed by atoms with E-state index in [-0.39, 0.29) is 5.92 Å². The minimum absolute atomic E-state index is 0.00449. The van der Waals surface area contributed by atoms with E-state index in [2.05, 4.69) is 18.9 Å². The molecule has 1 saturated heterocycles. The predicted octanol–water partition coefficient (Wildman–Crippen LogP) is 1.94. The average Bonchev–Trinajstić information content (AvgIpc) is 2.73. The molecule has 0 bridgehead atoms. The molecule has 1 aromatic rings. The van der Waals surface area contributed by atoms with E-state index < -0.39 is 16.1 Å². The summed E-state index contributed by atoms with van der Waals surface area (Å²) in [6.45, 7) is 11.1. The van der Waals surface area contributed by atoms with Crippen molar-refractivity contribution >= 4 is 10.0 Å². The molecule has 132 valence electrons. The van der Waals surface area contributed by atoms with Gasteiger partial charge in [0.1, 0.15) is 4.90 Å². The van der Waals surface area contributed by atoms with Gasteiger partial charge >= 0.3 is 0 Å². The van der Waals surface area contributed by atoms with Gasteiger partial charge in [-0.2, -0.15) is 9.40 Å². The van der Waals surface area contributed by atoms with Gasteiger partial charge in [0.2, 0.25) is 10.0 Å². The van der Waals surface area contributed by atoms with Crippen LogP contribution in [0.15, 0.2) is 4.90 Å². The molecule has 2 heterocycles. The molecule has 2 atom stereocenters. The third kappa shape index (κ3) is 3.78. The summed E-state index contributed by atoms with van der Waals surface area (Å²) in [5.74, 6) is 0.406.